The number of rotatable bonds is 8. The van der Waals surface area contributed by atoms with Gasteiger partial charge in [0, 0.05) is 38.4 Å². The minimum atomic E-state index is -0.141. The Morgan fingerprint density at radius 3 is 2.29 bits per heavy atom. The number of ether oxygens (including phenoxy) is 2. The fourth-order valence-electron chi connectivity index (χ4n) is 3.27. The van der Waals surface area contributed by atoms with E-state index in [1.807, 2.05) is 61.5 Å². The number of carbonyl (C=O) groups excluding carboxylic acids is 1. The van der Waals surface area contributed by atoms with Gasteiger partial charge < -0.3 is 14.8 Å². The third-order valence-electron chi connectivity index (χ3n) is 5.11. The van der Waals surface area contributed by atoms with E-state index in [9.17, 15) is 4.79 Å². The number of amides is 1. The normalized spacial score (nSPS) is 16.4. The van der Waals surface area contributed by atoms with Gasteiger partial charge in [-0.3, -0.25) is 14.6 Å². The summed E-state index contributed by atoms with van der Waals surface area (Å²) in [5, 5.41) is 2.99. The highest BCUT2D eigenvalue weighted by Crippen LogP contribution is 2.17. The number of carbonyl (C=O) groups is 1. The standard InChI is InChI=1S/C22H29N3O3/c1-18(22(26)23-19-6-4-3-5-7-19)25-14-12-24(13-15-25)16-17-28-21-10-8-20(27-2)9-11-21/h3-11,18H,12-17H2,1-2H3,(H,23,26). The molecule has 28 heavy (non-hydrogen) atoms. The average molecular weight is 383 g/mol. The smallest absolute Gasteiger partial charge is 0.241 e. The van der Waals surface area contributed by atoms with E-state index >= 15 is 0 Å². The van der Waals surface area contributed by atoms with Crippen LogP contribution in [-0.2, 0) is 4.79 Å². The molecule has 2 aromatic rings. The molecule has 0 radical (unpaired) electrons. The number of nitrogens with one attached hydrogen (secondary N) is 1. The van der Waals surface area contributed by atoms with Crippen LogP contribution in [0.5, 0.6) is 11.5 Å². The van der Waals surface area contributed by atoms with Crippen molar-refractivity contribution < 1.29 is 14.3 Å². The van der Waals surface area contributed by atoms with Crippen molar-refractivity contribution in [2.45, 2.75) is 13.0 Å². The van der Waals surface area contributed by atoms with E-state index in [-0.39, 0.29) is 11.9 Å². The minimum Gasteiger partial charge on any atom is -0.497 e. The quantitative estimate of drug-likeness (QED) is 0.760. The van der Waals surface area contributed by atoms with Gasteiger partial charge in [0.2, 0.25) is 5.91 Å². The molecule has 0 spiro atoms. The average Bonchev–Trinajstić information content (AvgIpc) is 2.75. The summed E-state index contributed by atoms with van der Waals surface area (Å²) in [7, 11) is 1.65. The second-order valence-corrected chi connectivity index (χ2v) is 6.93. The molecule has 150 valence electrons. The van der Waals surface area contributed by atoms with Crippen molar-refractivity contribution >= 4 is 11.6 Å². The fraction of sp³-hybridized carbons (Fsp3) is 0.409. The third kappa shape index (κ3) is 5.71. The molecule has 1 unspecified atom stereocenters. The Morgan fingerprint density at radius 2 is 1.64 bits per heavy atom. The Kier molecular flexibility index (Phi) is 7.28. The number of nitrogens with zero attached hydrogens (tertiary/aromatic N) is 2. The van der Waals surface area contributed by atoms with Crippen LogP contribution in [-0.4, -0.2) is 68.2 Å². The first-order valence-corrected chi connectivity index (χ1v) is 9.75. The predicted octanol–water partition coefficient (Wildman–Crippen LogP) is 2.72. The molecule has 6 nitrogen and oxygen atoms in total. The topological polar surface area (TPSA) is 54.0 Å². The van der Waals surface area contributed by atoms with Crippen LogP contribution >= 0.6 is 0 Å². The summed E-state index contributed by atoms with van der Waals surface area (Å²) in [4.78, 5) is 17.1. The molecular formula is C22H29N3O3. The number of anilines is 1. The zero-order chi connectivity index (χ0) is 19.8. The van der Waals surface area contributed by atoms with Crippen molar-refractivity contribution in [1.29, 1.82) is 0 Å². The number of methoxy groups -OCH3 is 1. The first kappa shape index (κ1) is 20.2. The SMILES string of the molecule is COc1ccc(OCCN2CCN(C(C)C(=O)Nc3ccccc3)CC2)cc1. The summed E-state index contributed by atoms with van der Waals surface area (Å²) in [6.45, 7) is 7.14. The Hall–Kier alpha value is -2.57. The fourth-order valence-corrected chi connectivity index (χ4v) is 3.27. The molecule has 0 saturated carbocycles. The Morgan fingerprint density at radius 1 is 1.00 bits per heavy atom. The lowest BCUT2D eigenvalue weighted by Crippen LogP contribution is -2.53. The Balaban J connectivity index is 1.37. The number of piperazine rings is 1. The van der Waals surface area contributed by atoms with Crippen LogP contribution in [0, 0.1) is 0 Å². The molecular weight excluding hydrogens is 354 g/mol. The monoisotopic (exact) mass is 383 g/mol. The van der Waals surface area contributed by atoms with Crippen molar-refractivity contribution in [2.24, 2.45) is 0 Å². The molecule has 0 aliphatic carbocycles. The maximum atomic E-state index is 12.5. The summed E-state index contributed by atoms with van der Waals surface area (Å²) in [5.74, 6) is 1.72. The molecule has 1 aliphatic rings. The lowest BCUT2D eigenvalue weighted by molar-refractivity contribution is -0.121. The first-order valence-electron chi connectivity index (χ1n) is 9.75. The summed E-state index contributed by atoms with van der Waals surface area (Å²) in [5.41, 5.74) is 0.841. The molecule has 1 N–H and O–H groups in total. The zero-order valence-corrected chi connectivity index (χ0v) is 16.6. The van der Waals surface area contributed by atoms with Gasteiger partial charge in [-0.2, -0.15) is 0 Å². The lowest BCUT2D eigenvalue weighted by atomic mass is 10.2. The summed E-state index contributed by atoms with van der Waals surface area (Å²) in [6, 6.07) is 17.1. The van der Waals surface area contributed by atoms with Crippen LogP contribution in [0.2, 0.25) is 0 Å². The molecule has 1 atom stereocenters. The molecule has 3 rings (SSSR count). The minimum absolute atomic E-state index is 0.0440. The summed E-state index contributed by atoms with van der Waals surface area (Å²) in [6.07, 6.45) is 0. The Labute approximate surface area is 167 Å². The highest BCUT2D eigenvalue weighted by atomic mass is 16.5. The molecule has 1 heterocycles. The van der Waals surface area contributed by atoms with Gasteiger partial charge in [0.25, 0.3) is 0 Å². The zero-order valence-electron chi connectivity index (χ0n) is 16.6. The van der Waals surface area contributed by atoms with Crippen molar-refractivity contribution in [3.8, 4) is 11.5 Å². The van der Waals surface area contributed by atoms with E-state index in [0.29, 0.717) is 6.61 Å². The van der Waals surface area contributed by atoms with Gasteiger partial charge in [0.1, 0.15) is 18.1 Å². The molecule has 2 aromatic carbocycles. The first-order chi connectivity index (χ1) is 13.7. The van der Waals surface area contributed by atoms with E-state index < -0.39 is 0 Å². The van der Waals surface area contributed by atoms with Crippen LogP contribution in [0.4, 0.5) is 5.69 Å². The maximum absolute atomic E-state index is 12.5. The second-order valence-electron chi connectivity index (χ2n) is 6.93. The number of hydrogen-bond acceptors (Lipinski definition) is 5. The van der Waals surface area contributed by atoms with Crippen molar-refractivity contribution in [3.05, 3.63) is 54.6 Å². The van der Waals surface area contributed by atoms with Crippen molar-refractivity contribution in [1.82, 2.24) is 9.80 Å². The van der Waals surface area contributed by atoms with E-state index in [1.165, 1.54) is 0 Å². The molecule has 1 saturated heterocycles. The Bertz CT molecular complexity index is 728. The highest BCUT2D eigenvalue weighted by Gasteiger charge is 2.25. The van der Waals surface area contributed by atoms with Crippen LogP contribution in [0.3, 0.4) is 0 Å². The molecule has 6 heteroatoms. The summed E-state index contributed by atoms with van der Waals surface area (Å²) < 4.78 is 11.0. The van der Waals surface area contributed by atoms with Crippen molar-refractivity contribution in [3.63, 3.8) is 0 Å². The van der Waals surface area contributed by atoms with Gasteiger partial charge in [0.05, 0.1) is 13.2 Å². The highest BCUT2D eigenvalue weighted by molar-refractivity contribution is 5.94. The molecule has 1 fully saturated rings. The third-order valence-corrected chi connectivity index (χ3v) is 5.11. The van der Waals surface area contributed by atoms with E-state index in [4.69, 9.17) is 9.47 Å². The van der Waals surface area contributed by atoms with Crippen LogP contribution < -0.4 is 14.8 Å². The largest absolute Gasteiger partial charge is 0.497 e. The molecule has 1 amide bonds. The van der Waals surface area contributed by atoms with Gasteiger partial charge in [-0.25, -0.2) is 0 Å². The number of para-hydroxylation sites is 1. The number of hydrogen-bond donors (Lipinski definition) is 1. The van der Waals surface area contributed by atoms with Gasteiger partial charge >= 0.3 is 0 Å². The van der Waals surface area contributed by atoms with E-state index in [1.54, 1.807) is 7.11 Å². The van der Waals surface area contributed by atoms with E-state index in [2.05, 4.69) is 15.1 Å². The van der Waals surface area contributed by atoms with Crippen LogP contribution in [0.25, 0.3) is 0 Å². The van der Waals surface area contributed by atoms with Gasteiger partial charge in [0.15, 0.2) is 0 Å². The summed E-state index contributed by atoms with van der Waals surface area (Å²) >= 11 is 0. The van der Waals surface area contributed by atoms with Crippen LogP contribution in [0.15, 0.2) is 54.6 Å². The molecule has 1 aliphatic heterocycles. The van der Waals surface area contributed by atoms with Crippen LogP contribution in [0.1, 0.15) is 6.92 Å². The number of benzene rings is 2. The molecule has 0 aromatic heterocycles. The van der Waals surface area contributed by atoms with Gasteiger partial charge in [-0.05, 0) is 43.3 Å². The van der Waals surface area contributed by atoms with E-state index in [0.717, 1.165) is 49.9 Å². The second kappa shape index (κ2) is 10.1. The van der Waals surface area contributed by atoms with Gasteiger partial charge in [-0.15, -0.1) is 0 Å². The predicted molar refractivity (Wildman–Crippen MR) is 111 cm³/mol. The van der Waals surface area contributed by atoms with Crippen molar-refractivity contribution in [2.75, 3.05) is 51.8 Å². The molecule has 0 bridgehead atoms. The maximum Gasteiger partial charge on any atom is 0.241 e. The van der Waals surface area contributed by atoms with Gasteiger partial charge in [-0.1, -0.05) is 18.2 Å². The lowest BCUT2D eigenvalue weighted by Gasteiger charge is -2.37.